The zero-order chi connectivity index (χ0) is 20.0. The molecule has 2 heterocycles. The van der Waals surface area contributed by atoms with Gasteiger partial charge in [0, 0.05) is 28.1 Å². The number of fused-ring (bicyclic) bond motifs is 3. The van der Waals surface area contributed by atoms with Crippen LogP contribution in [0.2, 0.25) is 10.0 Å². The van der Waals surface area contributed by atoms with Crippen LogP contribution < -0.4 is 9.47 Å². The van der Waals surface area contributed by atoms with Gasteiger partial charge in [-0.25, -0.2) is 5.01 Å². The zero-order valence-corrected chi connectivity index (χ0v) is 17.2. The van der Waals surface area contributed by atoms with Crippen LogP contribution in [0.1, 0.15) is 35.4 Å². The Morgan fingerprint density at radius 1 is 1.03 bits per heavy atom. The third-order valence-corrected chi connectivity index (χ3v) is 5.87. The van der Waals surface area contributed by atoms with Crippen molar-refractivity contribution in [1.82, 2.24) is 5.01 Å². The summed E-state index contributed by atoms with van der Waals surface area (Å²) < 4.78 is 11.8. The van der Waals surface area contributed by atoms with Crippen molar-refractivity contribution in [2.75, 3.05) is 7.11 Å². The third kappa shape index (κ3) is 3.22. The van der Waals surface area contributed by atoms with Gasteiger partial charge in [-0.05, 0) is 30.3 Å². The average Bonchev–Trinajstić information content (AvgIpc) is 3.18. The van der Waals surface area contributed by atoms with Crippen LogP contribution in [0.3, 0.4) is 0 Å². The SMILES string of the molecule is COc1cccc([C@H]2Oc3ccccc3[C@@H]3CC(c4ccc(Cl)cc4Cl)=NN23)c1. The summed E-state index contributed by atoms with van der Waals surface area (Å²) in [6.45, 7) is 0. The molecule has 146 valence electrons. The van der Waals surface area contributed by atoms with E-state index in [1.807, 2.05) is 59.6 Å². The van der Waals surface area contributed by atoms with E-state index in [2.05, 4.69) is 6.07 Å². The lowest BCUT2D eigenvalue weighted by Crippen LogP contribution is -2.33. The van der Waals surface area contributed by atoms with E-state index in [0.29, 0.717) is 10.0 Å². The second-order valence-corrected chi connectivity index (χ2v) is 7.90. The maximum Gasteiger partial charge on any atom is 0.214 e. The highest BCUT2D eigenvalue weighted by Gasteiger charge is 2.41. The molecule has 6 heteroatoms. The van der Waals surface area contributed by atoms with Crippen LogP contribution >= 0.6 is 23.2 Å². The van der Waals surface area contributed by atoms with Gasteiger partial charge in [0.1, 0.15) is 11.5 Å². The minimum atomic E-state index is -0.353. The summed E-state index contributed by atoms with van der Waals surface area (Å²) in [6.07, 6.45) is 0.385. The number of rotatable bonds is 3. The van der Waals surface area contributed by atoms with Crippen molar-refractivity contribution in [2.45, 2.75) is 18.7 Å². The fourth-order valence-electron chi connectivity index (χ4n) is 3.94. The van der Waals surface area contributed by atoms with Gasteiger partial charge in [0.15, 0.2) is 0 Å². The second-order valence-electron chi connectivity index (χ2n) is 7.06. The van der Waals surface area contributed by atoms with Gasteiger partial charge >= 0.3 is 0 Å². The van der Waals surface area contributed by atoms with Gasteiger partial charge in [-0.2, -0.15) is 5.10 Å². The lowest BCUT2D eigenvalue weighted by Gasteiger charge is -2.38. The summed E-state index contributed by atoms with van der Waals surface area (Å²) in [4.78, 5) is 0. The van der Waals surface area contributed by atoms with Gasteiger partial charge in [0.2, 0.25) is 6.23 Å². The molecule has 0 fully saturated rings. The first-order valence-electron chi connectivity index (χ1n) is 9.35. The molecule has 0 aliphatic carbocycles. The summed E-state index contributed by atoms with van der Waals surface area (Å²) in [6, 6.07) is 21.6. The van der Waals surface area contributed by atoms with Crippen LogP contribution in [0, 0.1) is 0 Å². The molecule has 0 spiro atoms. The van der Waals surface area contributed by atoms with Crippen LogP contribution in [0.4, 0.5) is 0 Å². The predicted octanol–water partition coefficient (Wildman–Crippen LogP) is 6.24. The van der Waals surface area contributed by atoms with E-state index in [1.165, 1.54) is 0 Å². The number of hydrogen-bond donors (Lipinski definition) is 0. The van der Waals surface area contributed by atoms with E-state index >= 15 is 0 Å². The number of ether oxygens (including phenoxy) is 2. The highest BCUT2D eigenvalue weighted by Crippen LogP contribution is 2.48. The van der Waals surface area contributed by atoms with E-state index in [1.54, 1.807) is 13.2 Å². The molecule has 0 saturated carbocycles. The number of hydrogen-bond acceptors (Lipinski definition) is 4. The molecule has 2 aliphatic heterocycles. The van der Waals surface area contributed by atoms with Crippen molar-refractivity contribution in [1.29, 1.82) is 0 Å². The molecule has 0 radical (unpaired) electrons. The molecule has 0 bridgehead atoms. The zero-order valence-electron chi connectivity index (χ0n) is 15.7. The van der Waals surface area contributed by atoms with E-state index in [0.717, 1.165) is 40.3 Å². The number of methoxy groups -OCH3 is 1. The molecule has 0 unspecified atom stereocenters. The maximum absolute atomic E-state index is 6.47. The minimum absolute atomic E-state index is 0.0675. The first-order chi connectivity index (χ1) is 14.1. The third-order valence-electron chi connectivity index (χ3n) is 5.32. The standard InChI is InChI=1S/C23H18Cl2N2O2/c1-28-16-6-4-5-14(11-16)23-27-21(18-7-2-3-8-22(18)29-23)13-20(26-27)17-10-9-15(24)12-19(17)25/h2-12,21,23H,13H2,1H3/t21-,23+/m0/s1. The molecule has 0 saturated heterocycles. The maximum atomic E-state index is 6.47. The quantitative estimate of drug-likeness (QED) is 0.498. The lowest BCUT2D eigenvalue weighted by atomic mass is 9.96. The Morgan fingerprint density at radius 3 is 2.72 bits per heavy atom. The molecule has 4 nitrogen and oxygen atoms in total. The summed E-state index contributed by atoms with van der Waals surface area (Å²) >= 11 is 12.5. The fraction of sp³-hybridized carbons (Fsp3) is 0.174. The van der Waals surface area contributed by atoms with Gasteiger partial charge in [0.05, 0.1) is 23.9 Å². The smallest absolute Gasteiger partial charge is 0.214 e. The van der Waals surface area contributed by atoms with Crippen LogP contribution in [-0.2, 0) is 0 Å². The summed E-state index contributed by atoms with van der Waals surface area (Å²) in [5.41, 5.74) is 3.92. The van der Waals surface area contributed by atoms with Gasteiger partial charge in [-0.3, -0.25) is 0 Å². The monoisotopic (exact) mass is 424 g/mol. The van der Waals surface area contributed by atoms with E-state index < -0.39 is 0 Å². The Labute approximate surface area is 179 Å². The largest absolute Gasteiger partial charge is 0.497 e. The Bertz CT molecular complexity index is 1120. The molecule has 0 N–H and O–H groups in total. The summed E-state index contributed by atoms with van der Waals surface area (Å²) in [5.74, 6) is 1.66. The molecule has 2 aliphatic rings. The number of benzene rings is 3. The van der Waals surface area contributed by atoms with Gasteiger partial charge < -0.3 is 9.47 Å². The summed E-state index contributed by atoms with van der Waals surface area (Å²) in [5, 5.41) is 8.17. The topological polar surface area (TPSA) is 34.1 Å². The van der Waals surface area contributed by atoms with Crippen molar-refractivity contribution in [3.05, 3.63) is 93.5 Å². The highest BCUT2D eigenvalue weighted by molar-refractivity contribution is 6.37. The van der Waals surface area contributed by atoms with Gasteiger partial charge in [0.25, 0.3) is 0 Å². The van der Waals surface area contributed by atoms with Crippen LogP contribution in [0.15, 0.2) is 71.8 Å². The molecular weight excluding hydrogens is 407 g/mol. The Kier molecular flexibility index (Phi) is 4.61. The summed E-state index contributed by atoms with van der Waals surface area (Å²) in [7, 11) is 1.66. The first-order valence-corrected chi connectivity index (χ1v) is 10.1. The first kappa shape index (κ1) is 18.3. The molecule has 0 aromatic heterocycles. The fourth-order valence-corrected chi connectivity index (χ4v) is 4.45. The number of para-hydroxylation sites is 1. The Morgan fingerprint density at radius 2 is 1.90 bits per heavy atom. The van der Waals surface area contributed by atoms with Gasteiger partial charge in [-0.15, -0.1) is 0 Å². The Balaban J connectivity index is 1.60. The van der Waals surface area contributed by atoms with E-state index in [9.17, 15) is 0 Å². The lowest BCUT2D eigenvalue weighted by molar-refractivity contribution is -0.0191. The van der Waals surface area contributed by atoms with Crippen molar-refractivity contribution in [3.63, 3.8) is 0 Å². The van der Waals surface area contributed by atoms with Crippen molar-refractivity contribution >= 4 is 28.9 Å². The normalized spacial score (nSPS) is 19.8. The Hall–Kier alpha value is -2.69. The molecule has 5 rings (SSSR count). The molecule has 29 heavy (non-hydrogen) atoms. The second kappa shape index (κ2) is 7.29. The van der Waals surface area contributed by atoms with Crippen molar-refractivity contribution in [2.24, 2.45) is 5.10 Å². The van der Waals surface area contributed by atoms with Crippen LogP contribution in [0.25, 0.3) is 0 Å². The molecule has 0 amide bonds. The molecular formula is C23H18Cl2N2O2. The van der Waals surface area contributed by atoms with Crippen molar-refractivity contribution in [3.8, 4) is 11.5 Å². The predicted molar refractivity (Wildman–Crippen MR) is 115 cm³/mol. The van der Waals surface area contributed by atoms with E-state index in [-0.39, 0.29) is 12.3 Å². The van der Waals surface area contributed by atoms with Crippen molar-refractivity contribution < 1.29 is 9.47 Å². The number of nitrogens with zero attached hydrogens (tertiary/aromatic N) is 2. The van der Waals surface area contributed by atoms with Crippen LogP contribution in [-0.4, -0.2) is 17.8 Å². The molecule has 3 aromatic rings. The van der Waals surface area contributed by atoms with E-state index in [4.69, 9.17) is 37.8 Å². The molecule has 3 aromatic carbocycles. The number of hydrazone groups is 1. The van der Waals surface area contributed by atoms with Crippen LogP contribution in [0.5, 0.6) is 11.5 Å². The van der Waals surface area contributed by atoms with Gasteiger partial charge in [-0.1, -0.05) is 59.6 Å². The number of halogens is 2. The highest BCUT2D eigenvalue weighted by atomic mass is 35.5. The minimum Gasteiger partial charge on any atom is -0.497 e. The molecule has 2 atom stereocenters. The average molecular weight is 425 g/mol.